The molecule has 0 radical (unpaired) electrons. The van der Waals surface area contributed by atoms with Gasteiger partial charge in [-0.3, -0.25) is 14.4 Å². The Morgan fingerprint density at radius 2 is 1.62 bits per heavy atom. The number of nitrogens with zero attached hydrogens (tertiary/aromatic N) is 6. The van der Waals surface area contributed by atoms with Crippen LogP contribution < -0.4 is 4.90 Å². The number of hydrogen-bond acceptors (Lipinski definition) is 8. The second-order valence-corrected chi connectivity index (χ2v) is 12.9. The summed E-state index contributed by atoms with van der Waals surface area (Å²) in [7, 11) is 0. The topological polar surface area (TPSA) is 112 Å². The normalized spacial score (nSPS) is 14.6. The SMILES string of the molecule is Cc1ncc(C(CC(=O)OC(C)(C)C)n2ccc(CCCc3ccc4c(n3)N(C(=O)OC(C)(C)C)CCCC4)n2)cn1. The van der Waals surface area contributed by atoms with Crippen LogP contribution in [-0.4, -0.2) is 54.5 Å². The van der Waals surface area contributed by atoms with Gasteiger partial charge in [0.05, 0.1) is 18.2 Å². The number of amides is 1. The molecule has 42 heavy (non-hydrogen) atoms. The lowest BCUT2D eigenvalue weighted by Crippen LogP contribution is -2.38. The first-order valence-corrected chi connectivity index (χ1v) is 14.8. The van der Waals surface area contributed by atoms with Crippen molar-refractivity contribution in [1.29, 1.82) is 0 Å². The molecule has 10 heteroatoms. The highest BCUT2D eigenvalue weighted by Gasteiger charge is 2.28. The van der Waals surface area contributed by atoms with Gasteiger partial charge in [0.1, 0.15) is 22.8 Å². The lowest BCUT2D eigenvalue weighted by molar-refractivity contribution is -0.155. The number of aromatic nitrogens is 5. The second-order valence-electron chi connectivity index (χ2n) is 12.9. The minimum atomic E-state index is -0.575. The van der Waals surface area contributed by atoms with E-state index in [1.54, 1.807) is 22.0 Å². The number of carbonyl (C=O) groups is 2. The van der Waals surface area contributed by atoms with Gasteiger partial charge >= 0.3 is 12.1 Å². The van der Waals surface area contributed by atoms with E-state index in [1.807, 2.05) is 60.7 Å². The molecule has 0 aliphatic carbocycles. The largest absolute Gasteiger partial charge is 0.460 e. The van der Waals surface area contributed by atoms with Crippen molar-refractivity contribution in [3.63, 3.8) is 0 Å². The van der Waals surface area contributed by atoms with Gasteiger partial charge in [-0.15, -0.1) is 0 Å². The molecule has 0 fully saturated rings. The van der Waals surface area contributed by atoms with E-state index in [2.05, 4.69) is 22.1 Å². The molecule has 0 spiro atoms. The number of anilines is 1. The Kier molecular flexibility index (Phi) is 9.64. The maximum Gasteiger partial charge on any atom is 0.416 e. The highest BCUT2D eigenvalue weighted by Crippen LogP contribution is 2.27. The van der Waals surface area contributed by atoms with Gasteiger partial charge in [-0.2, -0.15) is 5.10 Å². The monoisotopic (exact) mass is 576 g/mol. The zero-order valence-corrected chi connectivity index (χ0v) is 26.0. The zero-order valence-electron chi connectivity index (χ0n) is 26.0. The Hall–Kier alpha value is -3.82. The van der Waals surface area contributed by atoms with Gasteiger partial charge in [0.25, 0.3) is 0 Å². The van der Waals surface area contributed by atoms with Crippen LogP contribution in [0.3, 0.4) is 0 Å². The van der Waals surface area contributed by atoms with Gasteiger partial charge in [0, 0.05) is 36.4 Å². The third-order valence-electron chi connectivity index (χ3n) is 6.78. The van der Waals surface area contributed by atoms with Gasteiger partial charge in [-0.05, 0) is 105 Å². The van der Waals surface area contributed by atoms with E-state index in [0.717, 1.165) is 61.0 Å². The van der Waals surface area contributed by atoms with E-state index in [-0.39, 0.29) is 24.5 Å². The van der Waals surface area contributed by atoms with Crippen molar-refractivity contribution in [2.75, 3.05) is 11.4 Å². The number of esters is 1. The molecule has 1 atom stereocenters. The summed E-state index contributed by atoms with van der Waals surface area (Å²) in [5, 5.41) is 4.81. The average molecular weight is 577 g/mol. The number of hydrogen-bond donors (Lipinski definition) is 0. The first-order chi connectivity index (χ1) is 19.8. The van der Waals surface area contributed by atoms with Gasteiger partial charge < -0.3 is 9.47 Å². The van der Waals surface area contributed by atoms with Crippen molar-refractivity contribution in [2.24, 2.45) is 0 Å². The molecule has 1 amide bonds. The minimum absolute atomic E-state index is 0.123. The van der Waals surface area contributed by atoms with E-state index < -0.39 is 11.2 Å². The van der Waals surface area contributed by atoms with Crippen molar-refractivity contribution < 1.29 is 19.1 Å². The van der Waals surface area contributed by atoms with Crippen molar-refractivity contribution in [3.05, 3.63) is 65.1 Å². The van der Waals surface area contributed by atoms with E-state index >= 15 is 0 Å². The van der Waals surface area contributed by atoms with Crippen LogP contribution in [0.5, 0.6) is 0 Å². The van der Waals surface area contributed by atoms with E-state index in [4.69, 9.17) is 19.6 Å². The lowest BCUT2D eigenvalue weighted by atomic mass is 10.1. The molecular formula is C32H44N6O4. The second kappa shape index (κ2) is 13.0. The number of carbonyl (C=O) groups excluding carboxylic acids is 2. The van der Waals surface area contributed by atoms with Crippen LogP contribution in [0.1, 0.15) is 102 Å². The van der Waals surface area contributed by atoms with Crippen LogP contribution in [-0.2, 0) is 33.5 Å². The maximum atomic E-state index is 13.0. The van der Waals surface area contributed by atoms with E-state index in [0.29, 0.717) is 18.2 Å². The first kappa shape index (κ1) is 31.1. The summed E-state index contributed by atoms with van der Waals surface area (Å²) < 4.78 is 13.1. The average Bonchev–Trinajstić information content (AvgIpc) is 3.24. The summed E-state index contributed by atoms with van der Waals surface area (Å²) in [6, 6.07) is 5.76. The minimum Gasteiger partial charge on any atom is -0.460 e. The molecule has 3 aromatic heterocycles. The Bertz CT molecular complexity index is 1370. The first-order valence-electron chi connectivity index (χ1n) is 14.8. The fourth-order valence-electron chi connectivity index (χ4n) is 4.89. The number of ether oxygens (including phenoxy) is 2. The highest BCUT2D eigenvalue weighted by molar-refractivity contribution is 5.87. The Labute approximate surface area is 248 Å². The summed E-state index contributed by atoms with van der Waals surface area (Å²) in [6.07, 6.45) is 10.3. The van der Waals surface area contributed by atoms with Gasteiger partial charge in [-0.1, -0.05) is 6.07 Å². The fourth-order valence-corrected chi connectivity index (χ4v) is 4.89. The molecule has 226 valence electrons. The molecule has 0 saturated carbocycles. The summed E-state index contributed by atoms with van der Waals surface area (Å²) in [5.41, 5.74) is 2.59. The molecule has 1 aliphatic rings. The molecule has 3 aromatic rings. The van der Waals surface area contributed by atoms with Crippen molar-refractivity contribution in [3.8, 4) is 0 Å². The van der Waals surface area contributed by atoms with Crippen molar-refractivity contribution >= 4 is 17.9 Å². The summed E-state index contributed by atoms with van der Waals surface area (Å²) in [5.74, 6) is 1.07. The van der Waals surface area contributed by atoms with Gasteiger partial charge in [0.2, 0.25) is 0 Å². The molecule has 4 heterocycles. The molecule has 0 aromatic carbocycles. The Morgan fingerprint density at radius 1 is 0.929 bits per heavy atom. The Morgan fingerprint density at radius 3 is 2.31 bits per heavy atom. The lowest BCUT2D eigenvalue weighted by Gasteiger charge is -2.27. The predicted molar refractivity (Wildman–Crippen MR) is 160 cm³/mol. The summed E-state index contributed by atoms with van der Waals surface area (Å²) >= 11 is 0. The van der Waals surface area contributed by atoms with E-state index in [9.17, 15) is 9.59 Å². The summed E-state index contributed by atoms with van der Waals surface area (Å²) in [6.45, 7) is 13.6. The van der Waals surface area contributed by atoms with Crippen molar-refractivity contribution in [2.45, 2.75) is 111 Å². The zero-order chi connectivity index (χ0) is 30.5. The number of fused-ring (bicyclic) bond motifs is 1. The molecule has 0 bridgehead atoms. The standard InChI is InChI=1S/C32H44N6O4/c1-22-33-20-24(21-34-22)27(19-28(39)41-31(2,3)4)38-18-16-26(36-38)13-10-12-25-15-14-23-11-8-9-17-37(29(23)35-25)30(40)42-32(5,6)7/h14-16,18,20-21,27H,8-13,17,19H2,1-7H3. The van der Waals surface area contributed by atoms with Crippen LogP contribution in [0, 0.1) is 6.92 Å². The van der Waals surface area contributed by atoms with Crippen LogP contribution >= 0.6 is 0 Å². The van der Waals surface area contributed by atoms with Crippen LogP contribution in [0.2, 0.25) is 0 Å². The third-order valence-corrected chi connectivity index (χ3v) is 6.78. The van der Waals surface area contributed by atoms with E-state index in [1.165, 1.54) is 0 Å². The summed E-state index contributed by atoms with van der Waals surface area (Å²) in [4.78, 5) is 41.0. The van der Waals surface area contributed by atoms with Crippen LogP contribution in [0.25, 0.3) is 0 Å². The van der Waals surface area contributed by atoms with Gasteiger partial charge in [-0.25, -0.2) is 19.7 Å². The van der Waals surface area contributed by atoms with Crippen molar-refractivity contribution in [1.82, 2.24) is 24.7 Å². The number of pyridine rings is 1. The molecule has 10 nitrogen and oxygen atoms in total. The molecular weight excluding hydrogens is 532 g/mol. The van der Waals surface area contributed by atoms with Crippen LogP contribution in [0.15, 0.2) is 36.8 Å². The quantitative estimate of drug-likeness (QED) is 0.302. The highest BCUT2D eigenvalue weighted by atomic mass is 16.6. The smallest absolute Gasteiger partial charge is 0.416 e. The molecule has 1 aliphatic heterocycles. The predicted octanol–water partition coefficient (Wildman–Crippen LogP) is 5.95. The molecule has 1 unspecified atom stereocenters. The molecule has 0 saturated heterocycles. The van der Waals surface area contributed by atoms with Crippen LogP contribution in [0.4, 0.5) is 10.6 Å². The fraction of sp³-hybridized carbons (Fsp3) is 0.562. The molecule has 0 N–H and O–H groups in total. The Balaban J connectivity index is 1.44. The number of rotatable bonds is 8. The maximum absolute atomic E-state index is 13.0. The third kappa shape index (κ3) is 8.84. The van der Waals surface area contributed by atoms with Gasteiger partial charge in [0.15, 0.2) is 0 Å². The number of aryl methyl sites for hydroxylation is 4. The molecule has 4 rings (SSSR count).